The van der Waals surface area contributed by atoms with Crippen LogP contribution < -0.4 is 0 Å². The van der Waals surface area contributed by atoms with Crippen LogP contribution in [0.3, 0.4) is 0 Å². The fourth-order valence-corrected chi connectivity index (χ4v) is 2.20. The lowest BCUT2D eigenvalue weighted by molar-refractivity contribution is 0.0981. The minimum absolute atomic E-state index is 0.103. The van der Waals surface area contributed by atoms with Gasteiger partial charge in [0, 0.05) is 17.4 Å². The summed E-state index contributed by atoms with van der Waals surface area (Å²) >= 11 is 6.24. The van der Waals surface area contributed by atoms with Gasteiger partial charge in [0.1, 0.15) is 0 Å². The van der Waals surface area contributed by atoms with Gasteiger partial charge < -0.3 is 0 Å². The van der Waals surface area contributed by atoms with Crippen LogP contribution in [0.25, 0.3) is 0 Å². The van der Waals surface area contributed by atoms with Crippen LogP contribution in [0, 0.1) is 0 Å². The number of hydrogen-bond acceptors (Lipinski definition) is 1. The first-order valence-corrected chi connectivity index (χ1v) is 6.45. The van der Waals surface area contributed by atoms with Crippen molar-refractivity contribution in [3.05, 3.63) is 71.8 Å². The Bertz CT molecular complexity index is 493. The largest absolute Gasteiger partial charge is 0.294 e. The topological polar surface area (TPSA) is 17.1 Å². The third kappa shape index (κ3) is 3.71. The van der Waals surface area contributed by atoms with Crippen LogP contribution in [0.2, 0.25) is 0 Å². The molecule has 1 atom stereocenters. The lowest BCUT2D eigenvalue weighted by Crippen LogP contribution is -2.11. The van der Waals surface area contributed by atoms with Crippen LogP contribution in [0.5, 0.6) is 0 Å². The molecule has 0 aliphatic carbocycles. The Morgan fingerprint density at radius 2 is 1.50 bits per heavy atom. The second kappa shape index (κ2) is 6.36. The van der Waals surface area contributed by atoms with Crippen molar-refractivity contribution >= 4 is 17.4 Å². The summed E-state index contributed by atoms with van der Waals surface area (Å²) in [5.74, 6) is 0.103. The maximum absolute atomic E-state index is 12.0. The molecule has 0 fully saturated rings. The number of benzene rings is 2. The van der Waals surface area contributed by atoms with Crippen LogP contribution in [0.1, 0.15) is 22.3 Å². The maximum Gasteiger partial charge on any atom is 0.164 e. The summed E-state index contributed by atoms with van der Waals surface area (Å²) in [4.78, 5) is 12.0. The minimum atomic E-state index is -0.153. The Hall–Kier alpha value is -1.60. The smallest absolute Gasteiger partial charge is 0.164 e. The Labute approximate surface area is 112 Å². The number of hydrogen-bond donors (Lipinski definition) is 0. The van der Waals surface area contributed by atoms with Crippen LogP contribution >= 0.6 is 11.6 Å². The summed E-state index contributed by atoms with van der Waals surface area (Å²) in [6.45, 7) is 0. The minimum Gasteiger partial charge on any atom is -0.294 e. The highest BCUT2D eigenvalue weighted by molar-refractivity contribution is 6.22. The average Bonchev–Trinajstić information content (AvgIpc) is 2.40. The Morgan fingerprint density at radius 1 is 0.944 bits per heavy atom. The molecule has 0 saturated heterocycles. The average molecular weight is 259 g/mol. The Kier molecular flexibility index (Phi) is 4.54. The normalized spacial score (nSPS) is 12.1. The van der Waals surface area contributed by atoms with Gasteiger partial charge in [-0.2, -0.15) is 0 Å². The molecule has 0 spiro atoms. The quantitative estimate of drug-likeness (QED) is 0.583. The van der Waals surface area contributed by atoms with E-state index in [9.17, 15) is 4.79 Å². The number of halogens is 1. The molecule has 0 aliphatic heterocycles. The molecule has 2 aromatic rings. The van der Waals surface area contributed by atoms with Crippen molar-refractivity contribution in [2.24, 2.45) is 0 Å². The van der Waals surface area contributed by atoms with Crippen LogP contribution in [-0.2, 0) is 6.42 Å². The lowest BCUT2D eigenvalue weighted by Gasteiger charge is -2.08. The van der Waals surface area contributed by atoms with Gasteiger partial charge in [-0.25, -0.2) is 0 Å². The lowest BCUT2D eigenvalue weighted by atomic mass is 10.0. The van der Waals surface area contributed by atoms with Crippen molar-refractivity contribution in [1.29, 1.82) is 0 Å². The molecule has 0 aliphatic rings. The van der Waals surface area contributed by atoms with Gasteiger partial charge in [-0.1, -0.05) is 60.7 Å². The first-order chi connectivity index (χ1) is 8.75. The molecule has 18 heavy (non-hydrogen) atoms. The van der Waals surface area contributed by atoms with Crippen molar-refractivity contribution in [2.75, 3.05) is 0 Å². The number of alkyl halides is 1. The van der Waals surface area contributed by atoms with E-state index in [-0.39, 0.29) is 11.2 Å². The van der Waals surface area contributed by atoms with Crippen molar-refractivity contribution in [2.45, 2.75) is 18.2 Å². The zero-order valence-electron chi connectivity index (χ0n) is 10.1. The monoisotopic (exact) mass is 258 g/mol. The highest BCUT2D eigenvalue weighted by Gasteiger charge is 2.13. The van der Waals surface area contributed by atoms with Gasteiger partial charge in [-0.3, -0.25) is 4.79 Å². The number of carbonyl (C=O) groups excluding carboxylic acids is 1. The zero-order chi connectivity index (χ0) is 12.8. The Balaban J connectivity index is 1.92. The standard InChI is InChI=1S/C16H15ClO/c17-15(11-13-7-3-1-4-8-13)12-16(18)14-9-5-2-6-10-14/h1-10,15H,11-12H2. The predicted octanol–water partition coefficient (Wildman–Crippen LogP) is 4.11. The molecule has 0 radical (unpaired) electrons. The second-order valence-electron chi connectivity index (χ2n) is 4.28. The highest BCUT2D eigenvalue weighted by atomic mass is 35.5. The fraction of sp³-hybridized carbons (Fsp3) is 0.188. The van der Waals surface area contributed by atoms with Gasteiger partial charge in [0.05, 0.1) is 0 Å². The van der Waals surface area contributed by atoms with E-state index >= 15 is 0 Å². The molecular weight excluding hydrogens is 244 g/mol. The van der Waals surface area contributed by atoms with E-state index in [1.54, 1.807) is 0 Å². The molecule has 0 heterocycles. The summed E-state index contributed by atoms with van der Waals surface area (Å²) < 4.78 is 0. The van der Waals surface area contributed by atoms with E-state index in [4.69, 9.17) is 11.6 Å². The van der Waals surface area contributed by atoms with Crippen molar-refractivity contribution in [3.8, 4) is 0 Å². The third-order valence-corrected chi connectivity index (χ3v) is 3.11. The molecule has 0 amide bonds. The van der Waals surface area contributed by atoms with Crippen molar-refractivity contribution in [3.63, 3.8) is 0 Å². The second-order valence-corrected chi connectivity index (χ2v) is 4.90. The SMILES string of the molecule is O=C(CC(Cl)Cc1ccccc1)c1ccccc1. The summed E-state index contributed by atoms with van der Waals surface area (Å²) in [6.07, 6.45) is 1.10. The molecule has 2 aromatic carbocycles. The highest BCUT2D eigenvalue weighted by Crippen LogP contribution is 2.14. The van der Waals surface area contributed by atoms with E-state index in [0.29, 0.717) is 6.42 Å². The summed E-state index contributed by atoms with van der Waals surface area (Å²) in [5.41, 5.74) is 1.90. The first kappa shape index (κ1) is 12.8. The first-order valence-electron chi connectivity index (χ1n) is 6.02. The van der Waals surface area contributed by atoms with Crippen LogP contribution in [-0.4, -0.2) is 11.2 Å². The van der Waals surface area contributed by atoms with Gasteiger partial charge in [-0.15, -0.1) is 11.6 Å². The maximum atomic E-state index is 12.0. The predicted molar refractivity (Wildman–Crippen MR) is 75.2 cm³/mol. The number of rotatable bonds is 5. The molecule has 0 bridgehead atoms. The van der Waals surface area contributed by atoms with E-state index in [2.05, 4.69) is 0 Å². The zero-order valence-corrected chi connectivity index (χ0v) is 10.8. The van der Waals surface area contributed by atoms with Gasteiger partial charge in [0.15, 0.2) is 5.78 Å². The molecular formula is C16H15ClO. The van der Waals surface area contributed by atoms with E-state index in [0.717, 1.165) is 12.0 Å². The van der Waals surface area contributed by atoms with Gasteiger partial charge in [0.25, 0.3) is 0 Å². The van der Waals surface area contributed by atoms with E-state index < -0.39 is 0 Å². The molecule has 92 valence electrons. The van der Waals surface area contributed by atoms with Gasteiger partial charge >= 0.3 is 0 Å². The summed E-state index contributed by atoms with van der Waals surface area (Å²) in [7, 11) is 0. The van der Waals surface area contributed by atoms with Crippen LogP contribution in [0.15, 0.2) is 60.7 Å². The van der Waals surface area contributed by atoms with Crippen LogP contribution in [0.4, 0.5) is 0 Å². The molecule has 1 unspecified atom stereocenters. The molecule has 1 nitrogen and oxygen atoms in total. The summed E-state index contributed by atoms with van der Waals surface area (Å²) in [6, 6.07) is 19.3. The Morgan fingerprint density at radius 3 is 2.11 bits per heavy atom. The van der Waals surface area contributed by atoms with Crippen molar-refractivity contribution in [1.82, 2.24) is 0 Å². The third-order valence-electron chi connectivity index (χ3n) is 2.80. The molecule has 2 heteroatoms. The van der Waals surface area contributed by atoms with E-state index in [1.165, 1.54) is 5.56 Å². The molecule has 0 N–H and O–H groups in total. The molecule has 0 aromatic heterocycles. The molecule has 0 saturated carbocycles. The van der Waals surface area contributed by atoms with Crippen molar-refractivity contribution < 1.29 is 4.79 Å². The number of ketones is 1. The van der Waals surface area contributed by atoms with E-state index in [1.807, 2.05) is 60.7 Å². The fourth-order valence-electron chi connectivity index (χ4n) is 1.89. The number of Topliss-reactive ketones (excluding diaryl/α,β-unsaturated/α-hetero) is 1. The van der Waals surface area contributed by atoms with Gasteiger partial charge in [0.2, 0.25) is 0 Å². The number of carbonyl (C=O) groups is 1. The molecule has 2 rings (SSSR count). The summed E-state index contributed by atoms with van der Waals surface area (Å²) in [5, 5.41) is -0.153. The van der Waals surface area contributed by atoms with Gasteiger partial charge in [-0.05, 0) is 12.0 Å².